The van der Waals surface area contributed by atoms with Crippen molar-refractivity contribution in [3.63, 3.8) is 0 Å². The minimum absolute atomic E-state index is 0.0619. The van der Waals surface area contributed by atoms with Gasteiger partial charge in [0.2, 0.25) is 5.91 Å². The molecule has 1 N–H and O–H groups in total. The lowest BCUT2D eigenvalue weighted by molar-refractivity contribution is -0.115. The molecule has 0 radical (unpaired) electrons. The van der Waals surface area contributed by atoms with Gasteiger partial charge in [-0.1, -0.05) is 0 Å². The third-order valence-corrected chi connectivity index (χ3v) is 4.05. The van der Waals surface area contributed by atoms with Gasteiger partial charge in [0.1, 0.15) is 0 Å². The first-order chi connectivity index (χ1) is 6.63. The number of halogens is 3. The lowest BCUT2D eigenvalue weighted by Crippen LogP contribution is -2.11. The summed E-state index contributed by atoms with van der Waals surface area (Å²) in [5.41, 5.74) is 0.785. The van der Waals surface area contributed by atoms with E-state index in [-0.39, 0.29) is 5.91 Å². The first-order valence-corrected chi connectivity index (χ1v) is 6.35. The summed E-state index contributed by atoms with van der Waals surface area (Å²) in [5.74, 6) is 0.283. The second-order valence-corrected chi connectivity index (χ2v) is 5.01. The highest BCUT2D eigenvalue weighted by molar-refractivity contribution is 14.1. The average Bonchev–Trinajstić information content (AvgIpc) is 2.12. The molecule has 1 rings (SSSR count). The smallest absolute Gasteiger partial charge is 0.225 e. The molecule has 5 heteroatoms. The number of benzene rings is 1. The molecule has 1 aromatic rings. The first-order valence-electron chi connectivity index (χ1n) is 3.94. The van der Waals surface area contributed by atoms with E-state index in [2.05, 4.69) is 43.8 Å². The van der Waals surface area contributed by atoms with E-state index >= 15 is 0 Å². The molecule has 76 valence electrons. The van der Waals surface area contributed by atoms with E-state index in [1.165, 1.54) is 0 Å². The zero-order valence-corrected chi connectivity index (χ0v) is 11.7. The monoisotopic (exact) mass is 387 g/mol. The van der Waals surface area contributed by atoms with Crippen LogP contribution in [-0.4, -0.2) is 11.8 Å². The number of anilines is 1. The molecule has 0 unspecified atom stereocenters. The zero-order valence-electron chi connectivity index (χ0n) is 7.19. The Morgan fingerprint density at radius 3 is 2.86 bits per heavy atom. The quantitative estimate of drug-likeness (QED) is 0.622. The standard InChI is InChI=1S/C9H8BrClINO/c10-7-5-6(1-2-8(7)12)13-9(14)3-4-11/h1-2,5H,3-4H2,(H,13,14). The van der Waals surface area contributed by atoms with Gasteiger partial charge in [0.15, 0.2) is 0 Å². The maximum absolute atomic E-state index is 11.2. The zero-order chi connectivity index (χ0) is 10.6. The maximum Gasteiger partial charge on any atom is 0.225 e. The molecule has 0 aliphatic heterocycles. The second kappa shape index (κ2) is 5.92. The average molecular weight is 388 g/mol. The highest BCUT2D eigenvalue weighted by Crippen LogP contribution is 2.22. The molecule has 14 heavy (non-hydrogen) atoms. The third-order valence-electron chi connectivity index (χ3n) is 1.52. The number of hydrogen-bond donors (Lipinski definition) is 1. The van der Waals surface area contributed by atoms with Gasteiger partial charge in [0, 0.05) is 26.0 Å². The lowest BCUT2D eigenvalue weighted by atomic mass is 10.3. The molecule has 0 aliphatic carbocycles. The Labute approximate surface area is 110 Å². The van der Waals surface area contributed by atoms with Crippen LogP contribution in [0.25, 0.3) is 0 Å². The molecule has 0 aliphatic rings. The minimum atomic E-state index is -0.0619. The largest absolute Gasteiger partial charge is 0.326 e. The molecule has 0 fully saturated rings. The van der Waals surface area contributed by atoms with Crippen molar-refractivity contribution in [2.75, 3.05) is 11.2 Å². The number of carbonyl (C=O) groups is 1. The van der Waals surface area contributed by atoms with Crippen molar-refractivity contribution >= 4 is 61.7 Å². The van der Waals surface area contributed by atoms with Crippen LogP contribution in [0, 0.1) is 3.57 Å². The van der Waals surface area contributed by atoms with Crippen molar-refractivity contribution in [2.24, 2.45) is 0 Å². The van der Waals surface area contributed by atoms with Crippen LogP contribution in [-0.2, 0) is 4.79 Å². The molecular formula is C9H8BrClINO. The van der Waals surface area contributed by atoms with Gasteiger partial charge in [-0.05, 0) is 56.7 Å². The van der Waals surface area contributed by atoms with Gasteiger partial charge in [-0.3, -0.25) is 4.79 Å². The maximum atomic E-state index is 11.2. The van der Waals surface area contributed by atoms with E-state index < -0.39 is 0 Å². The Hall–Kier alpha value is 0.190. The molecule has 0 atom stereocenters. The Morgan fingerprint density at radius 1 is 1.57 bits per heavy atom. The molecule has 0 spiro atoms. The van der Waals surface area contributed by atoms with E-state index in [1.54, 1.807) is 0 Å². The Balaban J connectivity index is 2.68. The van der Waals surface area contributed by atoms with Crippen molar-refractivity contribution in [2.45, 2.75) is 6.42 Å². The Morgan fingerprint density at radius 2 is 2.29 bits per heavy atom. The van der Waals surface area contributed by atoms with Crippen LogP contribution in [0.5, 0.6) is 0 Å². The molecule has 2 nitrogen and oxygen atoms in total. The van der Waals surface area contributed by atoms with Crippen LogP contribution in [0.4, 0.5) is 5.69 Å². The minimum Gasteiger partial charge on any atom is -0.326 e. The highest BCUT2D eigenvalue weighted by Gasteiger charge is 2.02. The van der Waals surface area contributed by atoms with Crippen LogP contribution >= 0.6 is 50.1 Å². The van der Waals surface area contributed by atoms with E-state index in [1.807, 2.05) is 18.2 Å². The van der Waals surface area contributed by atoms with Gasteiger partial charge in [0.05, 0.1) is 0 Å². The van der Waals surface area contributed by atoms with Crippen molar-refractivity contribution in [3.05, 3.63) is 26.2 Å². The summed E-state index contributed by atoms with van der Waals surface area (Å²) >= 11 is 11.0. The molecule has 0 heterocycles. The molecule has 1 amide bonds. The van der Waals surface area contributed by atoms with E-state index in [0.717, 1.165) is 13.7 Å². The molecule has 0 bridgehead atoms. The van der Waals surface area contributed by atoms with Gasteiger partial charge < -0.3 is 5.32 Å². The molecule has 1 aromatic carbocycles. The molecular weight excluding hydrogens is 380 g/mol. The van der Waals surface area contributed by atoms with Gasteiger partial charge >= 0.3 is 0 Å². The van der Waals surface area contributed by atoms with Crippen LogP contribution in [0.1, 0.15) is 6.42 Å². The summed E-state index contributed by atoms with van der Waals surface area (Å²) in [4.78, 5) is 11.2. The molecule has 0 saturated heterocycles. The van der Waals surface area contributed by atoms with E-state index in [9.17, 15) is 4.79 Å². The number of amides is 1. The third kappa shape index (κ3) is 3.74. The predicted octanol–water partition coefficient (Wildman–Crippen LogP) is 3.62. The predicted molar refractivity (Wildman–Crippen MR) is 70.8 cm³/mol. The van der Waals surface area contributed by atoms with Crippen molar-refractivity contribution in [1.82, 2.24) is 0 Å². The number of rotatable bonds is 3. The van der Waals surface area contributed by atoms with E-state index in [4.69, 9.17) is 11.6 Å². The number of alkyl halides is 1. The number of carbonyl (C=O) groups excluding carboxylic acids is 1. The molecule has 0 aromatic heterocycles. The lowest BCUT2D eigenvalue weighted by Gasteiger charge is -2.05. The van der Waals surface area contributed by atoms with Crippen molar-refractivity contribution in [3.8, 4) is 0 Å². The van der Waals surface area contributed by atoms with Gasteiger partial charge in [-0.15, -0.1) is 11.6 Å². The summed E-state index contributed by atoms with van der Waals surface area (Å²) in [5, 5.41) is 2.75. The summed E-state index contributed by atoms with van der Waals surface area (Å²) in [6.07, 6.45) is 0.338. The van der Waals surface area contributed by atoms with Gasteiger partial charge in [0.25, 0.3) is 0 Å². The SMILES string of the molecule is O=C(CCCl)Nc1ccc(I)c(Br)c1. The van der Waals surface area contributed by atoms with Crippen LogP contribution in [0.2, 0.25) is 0 Å². The van der Waals surface area contributed by atoms with Crippen LogP contribution < -0.4 is 5.32 Å². The highest BCUT2D eigenvalue weighted by atomic mass is 127. The summed E-state index contributed by atoms with van der Waals surface area (Å²) < 4.78 is 2.08. The van der Waals surface area contributed by atoms with Gasteiger partial charge in [-0.2, -0.15) is 0 Å². The van der Waals surface area contributed by atoms with Crippen LogP contribution in [0.15, 0.2) is 22.7 Å². The first kappa shape index (κ1) is 12.3. The van der Waals surface area contributed by atoms with Crippen molar-refractivity contribution < 1.29 is 4.79 Å². The Bertz CT molecular complexity index is 346. The second-order valence-electron chi connectivity index (χ2n) is 2.62. The fourth-order valence-electron chi connectivity index (χ4n) is 0.883. The van der Waals surface area contributed by atoms with Gasteiger partial charge in [-0.25, -0.2) is 0 Å². The summed E-state index contributed by atoms with van der Waals surface area (Å²) in [6.45, 7) is 0. The summed E-state index contributed by atoms with van der Waals surface area (Å²) in [7, 11) is 0. The normalized spacial score (nSPS) is 9.93. The number of nitrogens with one attached hydrogen (secondary N) is 1. The molecule has 0 saturated carbocycles. The topological polar surface area (TPSA) is 29.1 Å². The fraction of sp³-hybridized carbons (Fsp3) is 0.222. The fourth-order valence-corrected chi connectivity index (χ4v) is 1.77. The van der Waals surface area contributed by atoms with Crippen LogP contribution in [0.3, 0.4) is 0 Å². The Kier molecular flexibility index (Phi) is 5.19. The van der Waals surface area contributed by atoms with Crippen molar-refractivity contribution in [1.29, 1.82) is 0 Å². The number of hydrogen-bond acceptors (Lipinski definition) is 1. The summed E-state index contributed by atoms with van der Waals surface area (Å²) in [6, 6.07) is 5.66. The van der Waals surface area contributed by atoms with E-state index in [0.29, 0.717) is 12.3 Å².